The largest absolute Gasteiger partial charge is 0.343 e. The molecular weight excluding hydrogens is 303 g/mol. The van der Waals surface area contributed by atoms with E-state index in [1.165, 1.54) is 12.1 Å². The number of nitrogens with one attached hydrogen (secondary N) is 1. The Bertz CT molecular complexity index is 757. The number of carbonyl (C=O) groups excluding carboxylic acids is 1. The summed E-state index contributed by atoms with van der Waals surface area (Å²) in [6, 6.07) is 11.5. The Morgan fingerprint density at radius 1 is 1.12 bits per heavy atom. The van der Waals surface area contributed by atoms with Crippen LogP contribution in [0.25, 0.3) is 0 Å². The second kappa shape index (κ2) is 6.19. The van der Waals surface area contributed by atoms with Crippen molar-refractivity contribution >= 4 is 5.91 Å². The lowest BCUT2D eigenvalue weighted by atomic mass is 9.92. The van der Waals surface area contributed by atoms with Crippen LogP contribution in [0.4, 0.5) is 4.39 Å². The molecule has 122 valence electrons. The average Bonchev–Trinajstić information content (AvgIpc) is 3.24. The summed E-state index contributed by atoms with van der Waals surface area (Å²) in [4.78, 5) is 17.2. The summed E-state index contributed by atoms with van der Waals surface area (Å²) in [5, 5.41) is 3.14. The molecule has 4 rings (SSSR count). The molecule has 0 radical (unpaired) electrons. The van der Waals surface area contributed by atoms with Gasteiger partial charge in [0.2, 0.25) is 5.91 Å². The second-order valence-corrected chi connectivity index (χ2v) is 6.63. The van der Waals surface area contributed by atoms with Gasteiger partial charge >= 0.3 is 0 Å². The quantitative estimate of drug-likeness (QED) is 0.873. The lowest BCUT2D eigenvalue weighted by molar-refractivity contribution is -0.126. The maximum absolute atomic E-state index is 13.3. The fourth-order valence-corrected chi connectivity index (χ4v) is 3.86. The third kappa shape index (κ3) is 2.84. The first-order valence-corrected chi connectivity index (χ1v) is 8.36. The average molecular weight is 322 g/mol. The van der Waals surface area contributed by atoms with Crippen molar-refractivity contribution in [3.05, 3.63) is 77.9 Å². The molecule has 0 saturated heterocycles. The van der Waals surface area contributed by atoms with E-state index in [0.717, 1.165) is 24.1 Å². The highest BCUT2D eigenvalue weighted by Gasteiger charge is 2.40. The van der Waals surface area contributed by atoms with E-state index in [4.69, 9.17) is 0 Å². The molecular formula is C20H19FN2O. The maximum Gasteiger partial charge on any atom is 0.224 e. The number of rotatable bonds is 4. The standard InChI is InChI=1S/C20H19FN2O/c21-16-8-6-14(7-9-16)19(18-3-1-2-10-22-18)23-20(24)17-12-13-4-5-15(17)11-13/h1-10,13,15,17,19H,11-12H2,(H,23,24)/t13-,15-,17+,19+/m0/s1. The zero-order valence-corrected chi connectivity index (χ0v) is 13.2. The van der Waals surface area contributed by atoms with E-state index in [1.807, 2.05) is 18.2 Å². The molecule has 1 N–H and O–H groups in total. The zero-order chi connectivity index (χ0) is 16.5. The van der Waals surface area contributed by atoms with Crippen LogP contribution in [0.3, 0.4) is 0 Å². The van der Waals surface area contributed by atoms with Gasteiger partial charge in [-0.2, -0.15) is 0 Å². The van der Waals surface area contributed by atoms with E-state index in [0.29, 0.717) is 11.8 Å². The van der Waals surface area contributed by atoms with Crippen molar-refractivity contribution in [2.45, 2.75) is 18.9 Å². The molecule has 0 aliphatic heterocycles. The first-order chi connectivity index (χ1) is 11.7. The van der Waals surface area contributed by atoms with Gasteiger partial charge in [-0.25, -0.2) is 4.39 Å². The Kier molecular flexibility index (Phi) is 3.89. The van der Waals surface area contributed by atoms with Crippen molar-refractivity contribution in [1.82, 2.24) is 10.3 Å². The van der Waals surface area contributed by atoms with Crippen LogP contribution in [0.5, 0.6) is 0 Å². The number of allylic oxidation sites excluding steroid dienone is 2. The number of halogens is 1. The highest BCUT2D eigenvalue weighted by molar-refractivity contribution is 5.80. The van der Waals surface area contributed by atoms with Gasteiger partial charge in [-0.05, 0) is 54.5 Å². The maximum atomic E-state index is 13.3. The van der Waals surface area contributed by atoms with Gasteiger partial charge in [0, 0.05) is 12.1 Å². The van der Waals surface area contributed by atoms with E-state index >= 15 is 0 Å². The molecule has 1 aromatic carbocycles. The predicted octanol–water partition coefficient (Wildman–Crippen LogP) is 3.64. The van der Waals surface area contributed by atoms with E-state index in [1.54, 1.807) is 18.3 Å². The fourth-order valence-electron chi connectivity index (χ4n) is 3.86. The first-order valence-electron chi connectivity index (χ1n) is 8.36. The zero-order valence-electron chi connectivity index (χ0n) is 13.2. The minimum atomic E-state index is -0.359. The van der Waals surface area contributed by atoms with Crippen molar-refractivity contribution in [2.24, 2.45) is 17.8 Å². The van der Waals surface area contributed by atoms with Crippen LogP contribution in [0.15, 0.2) is 60.8 Å². The molecule has 1 aromatic heterocycles. The molecule has 2 aromatic rings. The third-order valence-corrected chi connectivity index (χ3v) is 5.09. The molecule has 2 bridgehead atoms. The number of hydrogen-bond acceptors (Lipinski definition) is 2. The normalized spacial score (nSPS) is 25.6. The van der Waals surface area contributed by atoms with Crippen molar-refractivity contribution in [3.63, 3.8) is 0 Å². The molecule has 1 fully saturated rings. The van der Waals surface area contributed by atoms with E-state index in [9.17, 15) is 9.18 Å². The number of pyridine rings is 1. The number of carbonyl (C=O) groups is 1. The van der Waals surface area contributed by atoms with Gasteiger partial charge in [0.1, 0.15) is 5.82 Å². The summed E-state index contributed by atoms with van der Waals surface area (Å²) in [7, 11) is 0. The number of nitrogens with zero attached hydrogens (tertiary/aromatic N) is 1. The molecule has 0 unspecified atom stereocenters. The smallest absolute Gasteiger partial charge is 0.224 e. The van der Waals surface area contributed by atoms with Gasteiger partial charge in [-0.3, -0.25) is 9.78 Å². The summed E-state index contributed by atoms with van der Waals surface area (Å²) in [5.74, 6) is 0.707. The topological polar surface area (TPSA) is 42.0 Å². The SMILES string of the molecule is O=C(N[C@H](c1ccc(F)cc1)c1ccccn1)[C@@H]1C[C@H]2C=C[C@H]1C2. The minimum Gasteiger partial charge on any atom is -0.343 e. The summed E-state index contributed by atoms with van der Waals surface area (Å²) >= 11 is 0. The van der Waals surface area contributed by atoms with E-state index < -0.39 is 0 Å². The highest BCUT2D eigenvalue weighted by atomic mass is 19.1. The van der Waals surface area contributed by atoms with Crippen LogP contribution >= 0.6 is 0 Å². The monoisotopic (exact) mass is 322 g/mol. The molecule has 3 nitrogen and oxygen atoms in total. The van der Waals surface area contributed by atoms with Gasteiger partial charge in [-0.15, -0.1) is 0 Å². The van der Waals surface area contributed by atoms with Crippen LogP contribution in [-0.2, 0) is 4.79 Å². The Morgan fingerprint density at radius 2 is 1.96 bits per heavy atom. The highest BCUT2D eigenvalue weighted by Crippen LogP contribution is 2.43. The van der Waals surface area contributed by atoms with Crippen LogP contribution in [0.2, 0.25) is 0 Å². The van der Waals surface area contributed by atoms with Gasteiger partial charge in [0.25, 0.3) is 0 Å². The Labute approximate surface area is 140 Å². The molecule has 1 saturated carbocycles. The lowest BCUT2D eigenvalue weighted by Crippen LogP contribution is -2.36. The van der Waals surface area contributed by atoms with Crippen molar-refractivity contribution in [3.8, 4) is 0 Å². The molecule has 4 heteroatoms. The molecule has 4 atom stereocenters. The van der Waals surface area contributed by atoms with Gasteiger partial charge in [-0.1, -0.05) is 30.4 Å². The number of amides is 1. The third-order valence-electron chi connectivity index (χ3n) is 5.09. The van der Waals surface area contributed by atoms with Crippen LogP contribution in [0.1, 0.15) is 30.1 Å². The summed E-state index contributed by atoms with van der Waals surface area (Å²) in [5.41, 5.74) is 1.60. The first kappa shape index (κ1) is 15.1. The van der Waals surface area contributed by atoms with Gasteiger partial charge in [0.15, 0.2) is 0 Å². The Hall–Kier alpha value is -2.49. The predicted molar refractivity (Wildman–Crippen MR) is 89.5 cm³/mol. The van der Waals surface area contributed by atoms with Crippen LogP contribution < -0.4 is 5.32 Å². The van der Waals surface area contributed by atoms with Gasteiger partial charge in [0.05, 0.1) is 11.7 Å². The summed E-state index contributed by atoms with van der Waals surface area (Å²) < 4.78 is 13.3. The lowest BCUT2D eigenvalue weighted by Gasteiger charge is -2.23. The number of aromatic nitrogens is 1. The van der Waals surface area contributed by atoms with Crippen LogP contribution in [-0.4, -0.2) is 10.9 Å². The number of hydrogen-bond donors (Lipinski definition) is 1. The molecule has 0 spiro atoms. The minimum absolute atomic E-state index is 0.0339. The number of benzene rings is 1. The summed E-state index contributed by atoms with van der Waals surface area (Å²) in [6.07, 6.45) is 8.11. The number of fused-ring (bicyclic) bond motifs is 2. The Morgan fingerprint density at radius 3 is 2.58 bits per heavy atom. The fraction of sp³-hybridized carbons (Fsp3) is 0.300. The van der Waals surface area contributed by atoms with Crippen LogP contribution in [0, 0.1) is 23.6 Å². The van der Waals surface area contributed by atoms with Crippen molar-refractivity contribution < 1.29 is 9.18 Å². The van der Waals surface area contributed by atoms with Crippen molar-refractivity contribution in [1.29, 1.82) is 0 Å². The molecule has 24 heavy (non-hydrogen) atoms. The molecule has 2 aliphatic carbocycles. The molecule has 2 aliphatic rings. The van der Waals surface area contributed by atoms with Crippen molar-refractivity contribution in [2.75, 3.05) is 0 Å². The van der Waals surface area contributed by atoms with E-state index in [-0.39, 0.29) is 23.7 Å². The van der Waals surface area contributed by atoms with E-state index in [2.05, 4.69) is 22.5 Å². The molecule has 1 amide bonds. The Balaban J connectivity index is 1.60. The summed E-state index contributed by atoms with van der Waals surface area (Å²) in [6.45, 7) is 0. The molecule has 1 heterocycles. The van der Waals surface area contributed by atoms with Gasteiger partial charge < -0.3 is 5.32 Å². The second-order valence-electron chi connectivity index (χ2n) is 6.63.